The molecule has 5 rings (SSSR count). The van der Waals surface area contributed by atoms with E-state index in [0.717, 1.165) is 46.6 Å². The lowest BCUT2D eigenvalue weighted by atomic mass is 9.72. The van der Waals surface area contributed by atoms with Gasteiger partial charge in [0.15, 0.2) is 0 Å². The molecule has 0 aliphatic heterocycles. The SMILES string of the molecule is CC(C)(C)[C@@H]1CCc2c(sc(N=Cc3ccc(OCc4ccc([N+](=O)[O-])cc4)cc3)c2C(=O)Nc2ccccc2)C1. The van der Waals surface area contributed by atoms with Crippen LogP contribution >= 0.6 is 11.3 Å². The summed E-state index contributed by atoms with van der Waals surface area (Å²) < 4.78 is 5.84. The van der Waals surface area contributed by atoms with Crippen molar-refractivity contribution in [2.45, 2.75) is 46.6 Å². The second-order valence-electron chi connectivity index (χ2n) is 11.3. The normalized spacial score (nSPS) is 15.0. The number of hydrogen-bond donors (Lipinski definition) is 1. The van der Waals surface area contributed by atoms with Crippen molar-refractivity contribution in [1.29, 1.82) is 0 Å². The van der Waals surface area contributed by atoms with Gasteiger partial charge in [0.1, 0.15) is 17.4 Å². The number of thiophene rings is 1. The maximum atomic E-state index is 13.5. The van der Waals surface area contributed by atoms with Crippen molar-refractivity contribution in [3.63, 3.8) is 0 Å². The average Bonchev–Trinajstić information content (AvgIpc) is 3.34. The van der Waals surface area contributed by atoms with Crippen LogP contribution in [0.4, 0.5) is 16.4 Å². The number of non-ortho nitro benzene ring substituents is 1. The Labute approximate surface area is 244 Å². The van der Waals surface area contributed by atoms with Gasteiger partial charge in [0.25, 0.3) is 11.6 Å². The quantitative estimate of drug-likeness (QED) is 0.131. The molecule has 0 unspecified atom stereocenters. The van der Waals surface area contributed by atoms with Crippen molar-refractivity contribution in [1.82, 2.24) is 0 Å². The van der Waals surface area contributed by atoms with Crippen LogP contribution in [0.1, 0.15) is 59.1 Å². The highest BCUT2D eigenvalue weighted by Gasteiger charge is 2.33. The Bertz CT molecular complexity index is 1550. The van der Waals surface area contributed by atoms with Crippen molar-refractivity contribution >= 4 is 39.8 Å². The van der Waals surface area contributed by atoms with E-state index in [-0.39, 0.29) is 17.0 Å². The molecule has 41 heavy (non-hydrogen) atoms. The fourth-order valence-electron chi connectivity index (χ4n) is 5.01. The van der Waals surface area contributed by atoms with E-state index in [4.69, 9.17) is 9.73 Å². The van der Waals surface area contributed by atoms with E-state index in [1.807, 2.05) is 54.6 Å². The highest BCUT2D eigenvalue weighted by Crippen LogP contribution is 2.45. The summed E-state index contributed by atoms with van der Waals surface area (Å²) in [7, 11) is 0. The highest BCUT2D eigenvalue weighted by atomic mass is 32.1. The zero-order chi connectivity index (χ0) is 29.0. The molecule has 0 spiro atoms. The maximum Gasteiger partial charge on any atom is 0.269 e. The van der Waals surface area contributed by atoms with Crippen molar-refractivity contribution in [3.05, 3.63) is 116 Å². The molecule has 1 N–H and O–H groups in total. The predicted molar refractivity (Wildman–Crippen MR) is 165 cm³/mol. The zero-order valence-corrected chi connectivity index (χ0v) is 24.2. The number of carbonyl (C=O) groups is 1. The Morgan fingerprint density at radius 3 is 2.44 bits per heavy atom. The van der Waals surface area contributed by atoms with Gasteiger partial charge in [-0.2, -0.15) is 0 Å². The van der Waals surface area contributed by atoms with Crippen LogP contribution in [0.5, 0.6) is 5.75 Å². The van der Waals surface area contributed by atoms with E-state index in [1.54, 1.807) is 29.7 Å². The lowest BCUT2D eigenvalue weighted by molar-refractivity contribution is -0.384. The number of nitro benzene ring substituents is 1. The maximum absolute atomic E-state index is 13.5. The fourth-order valence-corrected chi connectivity index (χ4v) is 6.28. The molecule has 0 bridgehead atoms. The van der Waals surface area contributed by atoms with Gasteiger partial charge in [-0.15, -0.1) is 11.3 Å². The third-order valence-electron chi connectivity index (χ3n) is 7.49. The number of nitro groups is 1. The molecule has 1 aliphatic rings. The van der Waals surface area contributed by atoms with E-state index >= 15 is 0 Å². The summed E-state index contributed by atoms with van der Waals surface area (Å²) in [5.74, 6) is 1.13. The summed E-state index contributed by atoms with van der Waals surface area (Å²) >= 11 is 1.63. The number of anilines is 1. The summed E-state index contributed by atoms with van der Waals surface area (Å²) in [5, 5.41) is 14.6. The number of benzene rings is 3. The Hall–Kier alpha value is -4.30. The van der Waals surface area contributed by atoms with Crippen molar-refractivity contribution in [3.8, 4) is 5.75 Å². The molecule has 8 heteroatoms. The van der Waals surface area contributed by atoms with Gasteiger partial charge in [0.05, 0.1) is 10.5 Å². The fraction of sp³-hybridized carbons (Fsp3) is 0.273. The van der Waals surface area contributed by atoms with Crippen LogP contribution in [-0.4, -0.2) is 17.0 Å². The molecule has 7 nitrogen and oxygen atoms in total. The van der Waals surface area contributed by atoms with Crippen LogP contribution in [0.2, 0.25) is 0 Å². The van der Waals surface area contributed by atoms with Gasteiger partial charge in [0, 0.05) is 28.9 Å². The average molecular weight is 568 g/mol. The molecule has 210 valence electrons. The molecule has 0 saturated heterocycles. The molecule has 0 saturated carbocycles. The first-order valence-electron chi connectivity index (χ1n) is 13.7. The number of nitrogens with one attached hydrogen (secondary N) is 1. The summed E-state index contributed by atoms with van der Waals surface area (Å²) in [6.07, 6.45) is 4.69. The predicted octanol–water partition coefficient (Wildman–Crippen LogP) is 8.39. The van der Waals surface area contributed by atoms with Gasteiger partial charge in [-0.1, -0.05) is 39.0 Å². The first-order chi connectivity index (χ1) is 19.7. The van der Waals surface area contributed by atoms with E-state index in [9.17, 15) is 14.9 Å². The zero-order valence-electron chi connectivity index (χ0n) is 23.4. The van der Waals surface area contributed by atoms with Crippen molar-refractivity contribution in [2.24, 2.45) is 16.3 Å². The van der Waals surface area contributed by atoms with Crippen LogP contribution in [0.25, 0.3) is 0 Å². The van der Waals surface area contributed by atoms with Gasteiger partial charge in [-0.3, -0.25) is 14.9 Å². The second-order valence-corrected chi connectivity index (χ2v) is 12.4. The van der Waals surface area contributed by atoms with Gasteiger partial charge in [-0.05, 0) is 95.8 Å². The lowest BCUT2D eigenvalue weighted by Gasteiger charge is -2.33. The third kappa shape index (κ3) is 6.89. The Kier molecular flexibility index (Phi) is 8.31. The molecule has 1 amide bonds. The van der Waals surface area contributed by atoms with Gasteiger partial charge in [-0.25, -0.2) is 4.99 Å². The van der Waals surface area contributed by atoms with Crippen molar-refractivity contribution in [2.75, 3.05) is 5.32 Å². The topological polar surface area (TPSA) is 93.8 Å². The summed E-state index contributed by atoms with van der Waals surface area (Å²) in [6, 6.07) is 23.4. The van der Waals surface area contributed by atoms with Crippen LogP contribution in [0.15, 0.2) is 83.9 Å². The summed E-state index contributed by atoms with van der Waals surface area (Å²) in [6.45, 7) is 7.18. The Balaban J connectivity index is 1.33. The third-order valence-corrected chi connectivity index (χ3v) is 8.66. The number of hydrogen-bond acceptors (Lipinski definition) is 6. The van der Waals surface area contributed by atoms with Gasteiger partial charge in [0.2, 0.25) is 0 Å². The second kappa shape index (κ2) is 12.1. The monoisotopic (exact) mass is 567 g/mol. The van der Waals surface area contributed by atoms with E-state index in [1.165, 1.54) is 17.0 Å². The molecule has 0 fully saturated rings. The number of nitrogens with zero attached hydrogens (tertiary/aromatic N) is 2. The number of fused-ring (bicyclic) bond motifs is 1. The highest BCUT2D eigenvalue weighted by molar-refractivity contribution is 7.16. The number of ether oxygens (including phenoxy) is 1. The summed E-state index contributed by atoms with van der Waals surface area (Å²) in [4.78, 5) is 30.0. The first-order valence-corrected chi connectivity index (χ1v) is 14.5. The largest absolute Gasteiger partial charge is 0.489 e. The molecule has 1 heterocycles. The van der Waals surface area contributed by atoms with Gasteiger partial charge < -0.3 is 10.1 Å². The van der Waals surface area contributed by atoms with Crippen LogP contribution < -0.4 is 10.1 Å². The minimum Gasteiger partial charge on any atom is -0.489 e. The van der Waals surface area contributed by atoms with E-state index in [0.29, 0.717) is 23.8 Å². The number of aliphatic imine (C=N–C) groups is 1. The lowest BCUT2D eigenvalue weighted by Crippen LogP contribution is -2.27. The molecule has 3 aromatic carbocycles. The molecule has 1 aromatic heterocycles. The summed E-state index contributed by atoms with van der Waals surface area (Å²) in [5.41, 5.74) is 4.57. The van der Waals surface area contributed by atoms with Crippen LogP contribution in [-0.2, 0) is 19.4 Å². The van der Waals surface area contributed by atoms with E-state index < -0.39 is 4.92 Å². The Morgan fingerprint density at radius 2 is 1.78 bits per heavy atom. The number of para-hydroxylation sites is 1. The van der Waals surface area contributed by atoms with Crippen molar-refractivity contribution < 1.29 is 14.5 Å². The minimum atomic E-state index is -0.419. The molecule has 0 radical (unpaired) electrons. The number of amides is 1. The van der Waals surface area contributed by atoms with Crippen LogP contribution in [0, 0.1) is 21.4 Å². The molecule has 1 aliphatic carbocycles. The molecule has 1 atom stereocenters. The number of rotatable bonds is 8. The molecule has 4 aromatic rings. The Morgan fingerprint density at radius 1 is 1.07 bits per heavy atom. The number of carbonyl (C=O) groups excluding carboxylic acids is 1. The van der Waals surface area contributed by atoms with Crippen LogP contribution in [0.3, 0.4) is 0 Å². The smallest absolute Gasteiger partial charge is 0.269 e. The molecular weight excluding hydrogens is 534 g/mol. The molecular formula is C33H33N3O4S. The van der Waals surface area contributed by atoms with E-state index in [2.05, 4.69) is 26.1 Å². The van der Waals surface area contributed by atoms with Gasteiger partial charge >= 0.3 is 0 Å². The first kappa shape index (κ1) is 28.2. The minimum absolute atomic E-state index is 0.0544. The standard InChI is InChI=1S/C33H33N3O4S/c1-33(2,3)24-13-18-28-29(19-24)41-32(30(28)31(37)35-25-7-5-4-6-8-25)34-20-22-11-16-27(17-12-22)40-21-23-9-14-26(15-10-23)36(38)39/h4-12,14-17,20,24H,13,18-19,21H2,1-3H3,(H,35,37)/t24-/m1/s1.